The quantitative estimate of drug-likeness (QED) is 0.772. The number of hydrogen-bond acceptors (Lipinski definition) is 3. The van der Waals surface area contributed by atoms with Gasteiger partial charge in [0.25, 0.3) is 0 Å². The van der Waals surface area contributed by atoms with E-state index in [9.17, 15) is 0 Å². The number of nitrogens with two attached hydrogens (primary N) is 1. The average molecular weight is 239 g/mol. The van der Waals surface area contributed by atoms with Gasteiger partial charge in [-0.05, 0) is 31.2 Å². The molecule has 1 rings (SSSR count). The Labute approximate surface area is 103 Å². The zero-order valence-corrected chi connectivity index (χ0v) is 11.1. The molecule has 0 bridgehead atoms. The summed E-state index contributed by atoms with van der Waals surface area (Å²) in [5.41, 5.74) is 6.94. The molecule has 0 spiro atoms. The molecular formula is C13H21NOS. The minimum absolute atomic E-state index is 0.243. The summed E-state index contributed by atoms with van der Waals surface area (Å²) in [5, 5.41) is 0. The van der Waals surface area contributed by atoms with Crippen molar-refractivity contribution in [2.75, 3.05) is 5.75 Å². The van der Waals surface area contributed by atoms with Crippen LogP contribution in [0.5, 0.6) is 5.75 Å². The van der Waals surface area contributed by atoms with Crippen LogP contribution in [0.4, 0.5) is 0 Å². The lowest BCUT2D eigenvalue weighted by molar-refractivity contribution is 0.214. The minimum atomic E-state index is 0.243. The van der Waals surface area contributed by atoms with Crippen molar-refractivity contribution in [1.82, 2.24) is 0 Å². The summed E-state index contributed by atoms with van der Waals surface area (Å²) in [6.45, 7) is 6.89. The van der Waals surface area contributed by atoms with Crippen LogP contribution in [-0.2, 0) is 6.54 Å². The second-order valence-electron chi connectivity index (χ2n) is 3.71. The largest absolute Gasteiger partial charge is 0.490 e. The fourth-order valence-corrected chi connectivity index (χ4v) is 2.29. The van der Waals surface area contributed by atoms with Gasteiger partial charge >= 0.3 is 0 Å². The molecule has 3 heteroatoms. The molecule has 0 aliphatic carbocycles. The van der Waals surface area contributed by atoms with E-state index in [1.54, 1.807) is 0 Å². The molecule has 1 aromatic carbocycles. The molecule has 16 heavy (non-hydrogen) atoms. The van der Waals surface area contributed by atoms with Gasteiger partial charge in [-0.1, -0.05) is 19.9 Å². The summed E-state index contributed by atoms with van der Waals surface area (Å²) in [5.74, 6) is 2.00. The van der Waals surface area contributed by atoms with Gasteiger partial charge in [-0.15, -0.1) is 11.8 Å². The molecule has 0 aromatic heterocycles. The molecule has 0 amide bonds. The highest BCUT2D eigenvalue weighted by molar-refractivity contribution is 7.99. The van der Waals surface area contributed by atoms with Gasteiger partial charge in [-0.2, -0.15) is 0 Å². The number of thioether (sulfide) groups is 1. The van der Waals surface area contributed by atoms with Gasteiger partial charge in [0.15, 0.2) is 0 Å². The van der Waals surface area contributed by atoms with Crippen molar-refractivity contribution in [2.24, 2.45) is 5.73 Å². The summed E-state index contributed by atoms with van der Waals surface area (Å²) < 4.78 is 5.88. The van der Waals surface area contributed by atoms with Crippen molar-refractivity contribution in [2.45, 2.75) is 44.7 Å². The highest BCUT2D eigenvalue weighted by Crippen LogP contribution is 2.30. The lowest BCUT2D eigenvalue weighted by atomic mass is 10.2. The average Bonchev–Trinajstić information content (AvgIpc) is 2.29. The molecule has 0 heterocycles. The van der Waals surface area contributed by atoms with Crippen molar-refractivity contribution in [3.63, 3.8) is 0 Å². The Kier molecular flexibility index (Phi) is 5.71. The second kappa shape index (κ2) is 6.81. The molecule has 2 N–H and O–H groups in total. The molecule has 90 valence electrons. The topological polar surface area (TPSA) is 35.2 Å². The Morgan fingerprint density at radius 3 is 2.69 bits per heavy atom. The van der Waals surface area contributed by atoms with Crippen LogP contribution in [0.25, 0.3) is 0 Å². The molecule has 1 atom stereocenters. The molecule has 0 saturated carbocycles. The standard InChI is InChI=1S/C13H21NOS/c1-4-10(3)15-12-7-6-8-13(16-5-2)11(12)9-14/h6-8,10H,4-5,9,14H2,1-3H3. The van der Waals surface area contributed by atoms with Crippen LogP contribution in [0.3, 0.4) is 0 Å². The van der Waals surface area contributed by atoms with E-state index in [-0.39, 0.29) is 6.10 Å². The smallest absolute Gasteiger partial charge is 0.125 e. The van der Waals surface area contributed by atoms with Gasteiger partial charge in [0.2, 0.25) is 0 Å². The molecule has 1 aromatic rings. The molecule has 0 radical (unpaired) electrons. The molecule has 0 aliphatic rings. The van der Waals surface area contributed by atoms with Gasteiger partial charge in [-0.3, -0.25) is 0 Å². The summed E-state index contributed by atoms with van der Waals surface area (Å²) in [7, 11) is 0. The third-order valence-electron chi connectivity index (χ3n) is 2.50. The van der Waals surface area contributed by atoms with E-state index in [2.05, 4.69) is 26.8 Å². The van der Waals surface area contributed by atoms with E-state index in [4.69, 9.17) is 10.5 Å². The van der Waals surface area contributed by atoms with Gasteiger partial charge in [0, 0.05) is 17.0 Å². The van der Waals surface area contributed by atoms with Crippen molar-refractivity contribution in [1.29, 1.82) is 0 Å². The zero-order chi connectivity index (χ0) is 12.0. The second-order valence-corrected chi connectivity index (χ2v) is 5.01. The lowest BCUT2D eigenvalue weighted by Gasteiger charge is -2.17. The Hall–Kier alpha value is -0.670. The SMILES string of the molecule is CCSc1cccc(OC(C)CC)c1CN. The monoisotopic (exact) mass is 239 g/mol. The Morgan fingerprint density at radius 1 is 1.38 bits per heavy atom. The first kappa shape index (κ1) is 13.4. The molecular weight excluding hydrogens is 218 g/mol. The highest BCUT2D eigenvalue weighted by Gasteiger charge is 2.10. The van der Waals surface area contributed by atoms with E-state index in [1.807, 2.05) is 23.9 Å². The van der Waals surface area contributed by atoms with Crippen molar-refractivity contribution < 1.29 is 4.74 Å². The maximum Gasteiger partial charge on any atom is 0.125 e. The fraction of sp³-hybridized carbons (Fsp3) is 0.538. The van der Waals surface area contributed by atoms with Crippen LogP contribution < -0.4 is 10.5 Å². The van der Waals surface area contributed by atoms with Crippen LogP contribution >= 0.6 is 11.8 Å². The number of benzene rings is 1. The zero-order valence-electron chi connectivity index (χ0n) is 10.3. The highest BCUT2D eigenvalue weighted by atomic mass is 32.2. The molecule has 1 unspecified atom stereocenters. The number of hydrogen-bond donors (Lipinski definition) is 1. The van der Waals surface area contributed by atoms with E-state index < -0.39 is 0 Å². The summed E-state index contributed by atoms with van der Waals surface area (Å²) in [6, 6.07) is 6.16. The first-order chi connectivity index (χ1) is 7.72. The van der Waals surface area contributed by atoms with E-state index in [0.29, 0.717) is 6.54 Å². The fourth-order valence-electron chi connectivity index (χ4n) is 1.45. The summed E-state index contributed by atoms with van der Waals surface area (Å²) in [4.78, 5) is 1.24. The molecule has 0 saturated heterocycles. The first-order valence-corrected chi connectivity index (χ1v) is 6.82. The third-order valence-corrected chi connectivity index (χ3v) is 3.48. The molecule has 2 nitrogen and oxygen atoms in total. The lowest BCUT2D eigenvalue weighted by Crippen LogP contribution is -2.12. The van der Waals surface area contributed by atoms with Crippen LogP contribution in [0.15, 0.2) is 23.1 Å². The summed E-state index contributed by atoms with van der Waals surface area (Å²) in [6.07, 6.45) is 1.25. The van der Waals surface area contributed by atoms with E-state index >= 15 is 0 Å². The maximum atomic E-state index is 5.88. The van der Waals surface area contributed by atoms with Gasteiger partial charge < -0.3 is 10.5 Å². The predicted octanol–water partition coefficient (Wildman–Crippen LogP) is 3.43. The van der Waals surface area contributed by atoms with Crippen LogP contribution in [0.1, 0.15) is 32.8 Å². The maximum absolute atomic E-state index is 5.88. The van der Waals surface area contributed by atoms with Crippen molar-refractivity contribution >= 4 is 11.8 Å². The Morgan fingerprint density at radius 2 is 2.12 bits per heavy atom. The minimum Gasteiger partial charge on any atom is -0.490 e. The molecule has 0 fully saturated rings. The number of rotatable bonds is 6. The van der Waals surface area contributed by atoms with Gasteiger partial charge in [0.05, 0.1) is 6.10 Å². The normalized spacial score (nSPS) is 12.5. The first-order valence-electron chi connectivity index (χ1n) is 5.84. The molecule has 0 aliphatic heterocycles. The van der Waals surface area contributed by atoms with Crippen LogP contribution in [0, 0.1) is 0 Å². The van der Waals surface area contributed by atoms with Crippen molar-refractivity contribution in [3.05, 3.63) is 23.8 Å². The van der Waals surface area contributed by atoms with E-state index in [1.165, 1.54) is 4.90 Å². The van der Waals surface area contributed by atoms with Crippen LogP contribution in [0.2, 0.25) is 0 Å². The van der Waals surface area contributed by atoms with Gasteiger partial charge in [-0.25, -0.2) is 0 Å². The van der Waals surface area contributed by atoms with Gasteiger partial charge in [0.1, 0.15) is 5.75 Å². The number of ether oxygens (including phenoxy) is 1. The Bertz CT molecular complexity index is 328. The van der Waals surface area contributed by atoms with E-state index in [0.717, 1.165) is 23.5 Å². The Balaban J connectivity index is 2.94. The third kappa shape index (κ3) is 3.42. The summed E-state index contributed by atoms with van der Waals surface area (Å²) >= 11 is 1.82. The van der Waals surface area contributed by atoms with Crippen molar-refractivity contribution in [3.8, 4) is 5.75 Å². The van der Waals surface area contributed by atoms with Crippen LogP contribution in [-0.4, -0.2) is 11.9 Å². The predicted molar refractivity (Wildman–Crippen MR) is 71.1 cm³/mol.